The molecule has 2 unspecified atom stereocenters. The predicted octanol–water partition coefficient (Wildman–Crippen LogP) is 1.33. The van der Waals surface area contributed by atoms with E-state index in [1.807, 2.05) is 49.8 Å². The van der Waals surface area contributed by atoms with Gasteiger partial charge in [0, 0.05) is 18.3 Å². The van der Waals surface area contributed by atoms with E-state index in [4.69, 9.17) is 0 Å². The second-order valence-electron chi connectivity index (χ2n) is 5.49. The molecule has 1 aliphatic rings. The molecular weight excluding hydrogens is 240 g/mol. The summed E-state index contributed by atoms with van der Waals surface area (Å²) in [4.78, 5) is 16.3. The highest BCUT2D eigenvalue weighted by molar-refractivity contribution is 5.99. The molecule has 1 amide bonds. The molecule has 1 fully saturated rings. The molecule has 2 atom stereocenters. The summed E-state index contributed by atoms with van der Waals surface area (Å²) >= 11 is 0. The van der Waals surface area contributed by atoms with Crippen LogP contribution in [0.25, 0.3) is 0 Å². The molecule has 1 aromatic carbocycles. The Hall–Kier alpha value is -1.39. The minimum Gasteiger partial charge on any atom is -0.394 e. The summed E-state index contributed by atoms with van der Waals surface area (Å²) in [5, 5.41) is 9.41. The van der Waals surface area contributed by atoms with Gasteiger partial charge >= 0.3 is 0 Å². The molecule has 0 bridgehead atoms. The molecule has 104 valence electrons. The van der Waals surface area contributed by atoms with Crippen molar-refractivity contribution in [2.75, 3.05) is 25.1 Å². The first-order valence-electron chi connectivity index (χ1n) is 6.67. The quantitative estimate of drug-likeness (QED) is 0.874. The highest BCUT2D eigenvalue weighted by Gasteiger charge is 2.37. The third-order valence-electron chi connectivity index (χ3n) is 3.83. The first-order valence-corrected chi connectivity index (χ1v) is 6.67. The fourth-order valence-corrected chi connectivity index (χ4v) is 2.84. The average molecular weight is 262 g/mol. The fraction of sp³-hybridized carbons (Fsp3) is 0.533. The Morgan fingerprint density at radius 2 is 2.05 bits per heavy atom. The number of aliphatic hydroxyl groups excluding tert-OH is 1. The van der Waals surface area contributed by atoms with Gasteiger partial charge in [-0.2, -0.15) is 0 Å². The second-order valence-corrected chi connectivity index (χ2v) is 5.49. The van der Waals surface area contributed by atoms with Gasteiger partial charge < -0.3 is 10.0 Å². The van der Waals surface area contributed by atoms with E-state index in [9.17, 15) is 9.90 Å². The van der Waals surface area contributed by atoms with Crippen molar-refractivity contribution in [1.82, 2.24) is 4.90 Å². The van der Waals surface area contributed by atoms with Crippen LogP contribution in [0.2, 0.25) is 0 Å². The fourth-order valence-electron chi connectivity index (χ4n) is 2.84. The minimum absolute atomic E-state index is 0.0179. The smallest absolute Gasteiger partial charge is 0.247 e. The van der Waals surface area contributed by atoms with Crippen molar-refractivity contribution in [1.29, 1.82) is 0 Å². The summed E-state index contributed by atoms with van der Waals surface area (Å²) in [6.45, 7) is 6.74. The van der Waals surface area contributed by atoms with Crippen LogP contribution in [0.3, 0.4) is 0 Å². The molecule has 4 nitrogen and oxygen atoms in total. The van der Waals surface area contributed by atoms with Gasteiger partial charge in [0.1, 0.15) is 6.04 Å². The zero-order chi connectivity index (χ0) is 14.2. The maximum atomic E-state index is 12.5. The molecule has 0 aromatic heterocycles. The van der Waals surface area contributed by atoms with Gasteiger partial charge in [0.2, 0.25) is 5.91 Å². The lowest BCUT2D eigenvalue weighted by Crippen LogP contribution is -2.61. The third-order valence-corrected chi connectivity index (χ3v) is 3.83. The standard InChI is InChI=1S/C15H22N2O2/c1-10-5-6-13(11(2)7-10)17-12(3)8-16(4)14(9-18)15(17)19/h5-7,12,14,18H,8-9H2,1-4H3. The van der Waals surface area contributed by atoms with E-state index in [0.717, 1.165) is 17.8 Å². The van der Waals surface area contributed by atoms with Gasteiger partial charge in [0.15, 0.2) is 0 Å². The number of nitrogens with zero attached hydrogens (tertiary/aromatic N) is 2. The van der Waals surface area contributed by atoms with Crippen LogP contribution in [-0.4, -0.2) is 48.2 Å². The number of amides is 1. The van der Waals surface area contributed by atoms with Crippen LogP contribution in [0.5, 0.6) is 0 Å². The van der Waals surface area contributed by atoms with E-state index in [-0.39, 0.29) is 18.6 Å². The van der Waals surface area contributed by atoms with Crippen LogP contribution in [0.4, 0.5) is 5.69 Å². The average Bonchev–Trinajstić information content (AvgIpc) is 2.31. The number of likely N-dealkylation sites (N-methyl/N-ethyl adjacent to an activating group) is 1. The van der Waals surface area contributed by atoms with Gasteiger partial charge in [-0.3, -0.25) is 9.69 Å². The lowest BCUT2D eigenvalue weighted by atomic mass is 10.0. The maximum Gasteiger partial charge on any atom is 0.247 e. The monoisotopic (exact) mass is 262 g/mol. The van der Waals surface area contributed by atoms with Crippen molar-refractivity contribution < 1.29 is 9.90 Å². The van der Waals surface area contributed by atoms with E-state index in [0.29, 0.717) is 0 Å². The number of rotatable bonds is 2. The van der Waals surface area contributed by atoms with Crippen molar-refractivity contribution >= 4 is 11.6 Å². The molecule has 0 saturated carbocycles. The van der Waals surface area contributed by atoms with Crippen LogP contribution in [0.15, 0.2) is 18.2 Å². The summed E-state index contributed by atoms with van der Waals surface area (Å²) in [7, 11) is 1.88. The Morgan fingerprint density at radius 3 is 2.63 bits per heavy atom. The van der Waals surface area contributed by atoms with E-state index >= 15 is 0 Å². The van der Waals surface area contributed by atoms with Crippen LogP contribution in [-0.2, 0) is 4.79 Å². The number of benzene rings is 1. The zero-order valence-corrected chi connectivity index (χ0v) is 12.1. The van der Waals surface area contributed by atoms with Crippen LogP contribution >= 0.6 is 0 Å². The van der Waals surface area contributed by atoms with E-state index in [1.54, 1.807) is 0 Å². The first kappa shape index (κ1) is 14.0. The van der Waals surface area contributed by atoms with Crippen molar-refractivity contribution in [3.8, 4) is 0 Å². The van der Waals surface area contributed by atoms with Crippen molar-refractivity contribution in [2.45, 2.75) is 32.9 Å². The highest BCUT2D eigenvalue weighted by atomic mass is 16.3. The molecule has 2 rings (SSSR count). The third kappa shape index (κ3) is 2.51. The number of piperazine rings is 1. The second kappa shape index (κ2) is 5.31. The van der Waals surface area contributed by atoms with Crippen molar-refractivity contribution in [3.05, 3.63) is 29.3 Å². The lowest BCUT2D eigenvalue weighted by Gasteiger charge is -2.43. The first-order chi connectivity index (χ1) is 8.95. The molecule has 1 aliphatic heterocycles. The predicted molar refractivity (Wildman–Crippen MR) is 76.4 cm³/mol. The molecule has 1 aromatic rings. The van der Waals surface area contributed by atoms with Crippen LogP contribution < -0.4 is 4.90 Å². The largest absolute Gasteiger partial charge is 0.394 e. The van der Waals surface area contributed by atoms with E-state index in [1.165, 1.54) is 5.56 Å². The molecule has 19 heavy (non-hydrogen) atoms. The Bertz CT molecular complexity index is 487. The summed E-state index contributed by atoms with van der Waals surface area (Å²) in [6, 6.07) is 5.79. The number of hydrogen-bond donors (Lipinski definition) is 1. The van der Waals surface area contributed by atoms with Gasteiger partial charge in [0.25, 0.3) is 0 Å². The summed E-state index contributed by atoms with van der Waals surface area (Å²) in [6.07, 6.45) is 0. The SMILES string of the molecule is Cc1ccc(N2C(=O)C(CO)N(C)CC2C)c(C)c1. The minimum atomic E-state index is -0.433. The highest BCUT2D eigenvalue weighted by Crippen LogP contribution is 2.27. The number of aliphatic hydroxyl groups is 1. The summed E-state index contributed by atoms with van der Waals surface area (Å²) < 4.78 is 0. The molecule has 1 N–H and O–H groups in total. The number of hydrogen-bond acceptors (Lipinski definition) is 3. The van der Waals surface area contributed by atoms with E-state index in [2.05, 4.69) is 6.07 Å². The van der Waals surface area contributed by atoms with Gasteiger partial charge in [0.05, 0.1) is 6.61 Å². The van der Waals surface area contributed by atoms with Gasteiger partial charge in [-0.25, -0.2) is 0 Å². The van der Waals surface area contributed by atoms with Crippen LogP contribution in [0, 0.1) is 13.8 Å². The van der Waals surface area contributed by atoms with E-state index < -0.39 is 6.04 Å². The Balaban J connectivity index is 2.39. The van der Waals surface area contributed by atoms with Crippen molar-refractivity contribution in [2.24, 2.45) is 0 Å². The number of carbonyl (C=O) groups is 1. The van der Waals surface area contributed by atoms with Crippen LogP contribution in [0.1, 0.15) is 18.1 Å². The molecule has 1 saturated heterocycles. The van der Waals surface area contributed by atoms with Gasteiger partial charge in [-0.15, -0.1) is 0 Å². The summed E-state index contributed by atoms with van der Waals surface area (Å²) in [5.74, 6) is -0.0179. The number of carbonyl (C=O) groups excluding carboxylic acids is 1. The van der Waals surface area contributed by atoms with Crippen molar-refractivity contribution in [3.63, 3.8) is 0 Å². The summed E-state index contributed by atoms with van der Waals surface area (Å²) in [5.41, 5.74) is 3.24. The zero-order valence-electron chi connectivity index (χ0n) is 12.1. The molecular formula is C15H22N2O2. The maximum absolute atomic E-state index is 12.5. The number of anilines is 1. The molecule has 0 radical (unpaired) electrons. The van der Waals surface area contributed by atoms with Gasteiger partial charge in [-0.05, 0) is 39.4 Å². The number of aryl methyl sites for hydroxylation is 2. The Kier molecular flexibility index (Phi) is 3.92. The molecule has 4 heteroatoms. The molecule has 1 heterocycles. The van der Waals surface area contributed by atoms with Gasteiger partial charge in [-0.1, -0.05) is 17.7 Å². The normalized spacial score (nSPS) is 24.9. The molecule has 0 aliphatic carbocycles. The Labute approximate surface area is 114 Å². The molecule has 0 spiro atoms. The Morgan fingerprint density at radius 1 is 1.37 bits per heavy atom. The topological polar surface area (TPSA) is 43.8 Å². The lowest BCUT2D eigenvalue weighted by molar-refractivity contribution is -0.127.